The molecule has 2 atom stereocenters. The van der Waals surface area contributed by atoms with E-state index in [-0.39, 0.29) is 18.0 Å². The molecule has 0 aliphatic carbocycles. The second-order valence-corrected chi connectivity index (χ2v) is 5.40. The molecule has 3 nitrogen and oxygen atoms in total. The Labute approximate surface area is 117 Å². The maximum Gasteiger partial charge on any atom is 0.147 e. The molecule has 1 aromatic carbocycles. The van der Waals surface area contributed by atoms with Gasteiger partial charge in [-0.15, -0.1) is 0 Å². The molecule has 2 heterocycles. The molecule has 0 amide bonds. The van der Waals surface area contributed by atoms with Crippen molar-refractivity contribution < 1.29 is 9.13 Å². The number of nitrogens with one attached hydrogen (secondary N) is 1. The molecule has 104 valence electrons. The second-order valence-electron chi connectivity index (χ2n) is 5.40. The Morgan fingerprint density at radius 3 is 3.00 bits per heavy atom. The number of ether oxygens (including phenoxy) is 1. The quantitative estimate of drug-likeness (QED) is 0.898. The van der Waals surface area contributed by atoms with Crippen molar-refractivity contribution in [3.8, 4) is 6.07 Å². The van der Waals surface area contributed by atoms with Gasteiger partial charge in [-0.25, -0.2) is 4.39 Å². The van der Waals surface area contributed by atoms with Crippen LogP contribution in [0.15, 0.2) is 12.1 Å². The fourth-order valence-electron chi connectivity index (χ4n) is 3.10. The van der Waals surface area contributed by atoms with Crippen LogP contribution in [0.2, 0.25) is 0 Å². The molecule has 0 radical (unpaired) electrons. The number of aromatic amines is 1. The topological polar surface area (TPSA) is 48.8 Å². The standard InChI is InChI=1S/C16H17FN2O/c1-3-4-13-15-11(7-9(2)20-13)14-10(8-18)5-6-12(17)16(14)19-15/h5-6,9,13,19H,3-4,7H2,1-2H3. The Hall–Kier alpha value is -1.86. The summed E-state index contributed by atoms with van der Waals surface area (Å²) in [5.41, 5.74) is 2.96. The molecule has 0 saturated heterocycles. The van der Waals surface area contributed by atoms with Gasteiger partial charge in [0.2, 0.25) is 0 Å². The van der Waals surface area contributed by atoms with Gasteiger partial charge in [0.1, 0.15) is 5.82 Å². The number of benzene rings is 1. The first-order valence-corrected chi connectivity index (χ1v) is 7.04. The lowest BCUT2D eigenvalue weighted by atomic mass is 9.95. The number of rotatable bonds is 2. The van der Waals surface area contributed by atoms with Crippen molar-refractivity contribution in [3.05, 3.63) is 34.8 Å². The van der Waals surface area contributed by atoms with Crippen LogP contribution in [0.3, 0.4) is 0 Å². The van der Waals surface area contributed by atoms with Gasteiger partial charge in [0.05, 0.1) is 29.4 Å². The molecule has 0 saturated carbocycles. The highest BCUT2D eigenvalue weighted by atomic mass is 19.1. The number of aromatic nitrogens is 1. The predicted molar refractivity (Wildman–Crippen MR) is 74.9 cm³/mol. The summed E-state index contributed by atoms with van der Waals surface area (Å²) < 4.78 is 20.0. The minimum Gasteiger partial charge on any atom is -0.369 e. The Morgan fingerprint density at radius 2 is 2.30 bits per heavy atom. The molecular weight excluding hydrogens is 255 g/mol. The zero-order valence-electron chi connectivity index (χ0n) is 11.7. The SMILES string of the molecule is CCCC1OC(C)Cc2c1[nH]c1c(F)ccc(C#N)c21. The van der Waals surface area contributed by atoms with Gasteiger partial charge < -0.3 is 9.72 Å². The summed E-state index contributed by atoms with van der Waals surface area (Å²) in [6.45, 7) is 4.13. The third-order valence-electron chi connectivity index (χ3n) is 3.92. The normalized spacial score (nSPS) is 21.7. The van der Waals surface area contributed by atoms with E-state index in [1.54, 1.807) is 6.07 Å². The number of hydrogen-bond acceptors (Lipinski definition) is 2. The van der Waals surface area contributed by atoms with Gasteiger partial charge in [-0.1, -0.05) is 13.3 Å². The lowest BCUT2D eigenvalue weighted by molar-refractivity contribution is -0.0218. The van der Waals surface area contributed by atoms with Crippen molar-refractivity contribution in [2.24, 2.45) is 0 Å². The lowest BCUT2D eigenvalue weighted by Crippen LogP contribution is -2.23. The Bertz CT molecular complexity index is 699. The van der Waals surface area contributed by atoms with Crippen LogP contribution in [0.5, 0.6) is 0 Å². The largest absolute Gasteiger partial charge is 0.369 e. The van der Waals surface area contributed by atoms with E-state index in [2.05, 4.69) is 18.0 Å². The molecule has 2 aromatic rings. The summed E-state index contributed by atoms with van der Waals surface area (Å²) in [7, 11) is 0. The van der Waals surface area contributed by atoms with Crippen LogP contribution in [0.1, 0.15) is 49.6 Å². The Morgan fingerprint density at radius 1 is 1.50 bits per heavy atom. The summed E-state index contributed by atoms with van der Waals surface area (Å²) in [5, 5.41) is 10.00. The molecule has 20 heavy (non-hydrogen) atoms. The zero-order chi connectivity index (χ0) is 14.3. The van der Waals surface area contributed by atoms with Gasteiger partial charge >= 0.3 is 0 Å². The van der Waals surface area contributed by atoms with Crippen molar-refractivity contribution in [3.63, 3.8) is 0 Å². The number of fused-ring (bicyclic) bond motifs is 3. The van der Waals surface area contributed by atoms with Crippen LogP contribution in [0.25, 0.3) is 10.9 Å². The van der Waals surface area contributed by atoms with Crippen molar-refractivity contribution >= 4 is 10.9 Å². The highest BCUT2D eigenvalue weighted by Crippen LogP contribution is 2.39. The molecule has 1 aliphatic heterocycles. The lowest BCUT2D eigenvalue weighted by Gasteiger charge is -2.28. The number of nitriles is 1. The van der Waals surface area contributed by atoms with Gasteiger partial charge in [0, 0.05) is 17.5 Å². The molecule has 0 bridgehead atoms. The molecular formula is C16H17FN2O. The van der Waals surface area contributed by atoms with Crippen LogP contribution in [0.4, 0.5) is 4.39 Å². The van der Waals surface area contributed by atoms with Crippen molar-refractivity contribution in [2.75, 3.05) is 0 Å². The molecule has 1 aliphatic rings. The number of halogens is 1. The third kappa shape index (κ3) is 1.90. The van der Waals surface area contributed by atoms with Crippen LogP contribution < -0.4 is 0 Å². The van der Waals surface area contributed by atoms with Gasteiger partial charge in [-0.3, -0.25) is 0 Å². The summed E-state index contributed by atoms with van der Waals surface area (Å²) >= 11 is 0. The van der Waals surface area contributed by atoms with Gasteiger partial charge in [-0.2, -0.15) is 5.26 Å². The van der Waals surface area contributed by atoms with Crippen LogP contribution in [-0.4, -0.2) is 11.1 Å². The fourth-order valence-corrected chi connectivity index (χ4v) is 3.10. The number of H-pyrrole nitrogens is 1. The smallest absolute Gasteiger partial charge is 0.147 e. The van der Waals surface area contributed by atoms with E-state index in [1.807, 2.05) is 6.92 Å². The van der Waals surface area contributed by atoms with E-state index in [4.69, 9.17) is 4.74 Å². The first kappa shape index (κ1) is 13.1. The summed E-state index contributed by atoms with van der Waals surface area (Å²) in [4.78, 5) is 3.16. The molecule has 3 rings (SSSR count). The summed E-state index contributed by atoms with van der Waals surface area (Å²) in [6.07, 6.45) is 2.67. The first-order chi connectivity index (χ1) is 9.65. The summed E-state index contributed by atoms with van der Waals surface area (Å²) in [6, 6.07) is 5.07. The minimum absolute atomic E-state index is 0.0305. The van der Waals surface area contributed by atoms with Crippen molar-refractivity contribution in [2.45, 2.75) is 45.3 Å². The number of nitrogens with zero attached hydrogens (tertiary/aromatic N) is 1. The number of hydrogen-bond donors (Lipinski definition) is 1. The van der Waals surface area contributed by atoms with Gasteiger partial charge in [-0.05, 0) is 31.0 Å². The Balaban J connectivity index is 2.28. The van der Waals surface area contributed by atoms with Crippen LogP contribution in [0, 0.1) is 17.1 Å². The van der Waals surface area contributed by atoms with Crippen molar-refractivity contribution in [1.29, 1.82) is 5.26 Å². The minimum atomic E-state index is -0.309. The Kier molecular flexibility index (Phi) is 3.23. The fraction of sp³-hybridized carbons (Fsp3) is 0.438. The van der Waals surface area contributed by atoms with E-state index in [0.717, 1.165) is 29.5 Å². The van der Waals surface area contributed by atoms with Gasteiger partial charge in [0.15, 0.2) is 0 Å². The first-order valence-electron chi connectivity index (χ1n) is 7.04. The average molecular weight is 272 g/mol. The molecule has 1 aromatic heterocycles. The highest BCUT2D eigenvalue weighted by molar-refractivity contribution is 5.90. The van der Waals surface area contributed by atoms with E-state index in [0.29, 0.717) is 17.5 Å². The van der Waals surface area contributed by atoms with Crippen LogP contribution >= 0.6 is 0 Å². The maximum atomic E-state index is 14.0. The average Bonchev–Trinajstić information content (AvgIpc) is 2.80. The molecule has 1 N–H and O–H groups in total. The highest BCUT2D eigenvalue weighted by Gasteiger charge is 2.29. The van der Waals surface area contributed by atoms with Crippen LogP contribution in [-0.2, 0) is 11.2 Å². The van der Waals surface area contributed by atoms with E-state index >= 15 is 0 Å². The van der Waals surface area contributed by atoms with Gasteiger partial charge in [0.25, 0.3) is 0 Å². The molecule has 0 fully saturated rings. The van der Waals surface area contributed by atoms with E-state index in [9.17, 15) is 9.65 Å². The van der Waals surface area contributed by atoms with Crippen molar-refractivity contribution in [1.82, 2.24) is 4.98 Å². The third-order valence-corrected chi connectivity index (χ3v) is 3.92. The second kappa shape index (κ2) is 4.92. The summed E-state index contributed by atoms with van der Waals surface area (Å²) in [5.74, 6) is -0.309. The molecule has 0 spiro atoms. The zero-order valence-corrected chi connectivity index (χ0v) is 11.7. The maximum absolute atomic E-state index is 14.0. The monoisotopic (exact) mass is 272 g/mol. The van der Waals surface area contributed by atoms with E-state index in [1.165, 1.54) is 6.07 Å². The predicted octanol–water partition coefficient (Wildman–Crippen LogP) is 3.98. The van der Waals surface area contributed by atoms with E-state index < -0.39 is 0 Å². The molecule has 2 unspecified atom stereocenters. The molecule has 4 heteroatoms.